The molecule has 0 aliphatic carbocycles. The number of hydrogen-bond acceptors (Lipinski definition) is 4. The molecule has 0 aromatic heterocycles. The number of carbonyl (C=O) groups excluding carboxylic acids is 1. The summed E-state index contributed by atoms with van der Waals surface area (Å²) >= 11 is 0. The monoisotopic (exact) mass is 325 g/mol. The van der Waals surface area contributed by atoms with Crippen molar-refractivity contribution in [2.75, 3.05) is 16.3 Å². The summed E-state index contributed by atoms with van der Waals surface area (Å²) in [7, 11) is -3.46. The van der Waals surface area contributed by atoms with Gasteiger partial charge in [0.25, 0.3) is 5.91 Å². The molecule has 21 heavy (non-hydrogen) atoms. The van der Waals surface area contributed by atoms with Crippen LogP contribution in [-0.2, 0) is 14.8 Å². The first-order valence-corrected chi connectivity index (χ1v) is 7.47. The number of nitrogens with one attached hydrogen (secondary N) is 2. The second-order valence-electron chi connectivity index (χ2n) is 4.61. The fraction of sp³-hybridized carbons (Fsp3) is 0.364. The van der Waals surface area contributed by atoms with E-state index in [-0.39, 0.29) is 11.4 Å². The Morgan fingerprint density at radius 3 is 1.95 bits per heavy atom. The van der Waals surface area contributed by atoms with Crippen LogP contribution in [0.3, 0.4) is 0 Å². The molecule has 0 bridgehead atoms. The zero-order valence-corrected chi connectivity index (χ0v) is 12.0. The van der Waals surface area contributed by atoms with Gasteiger partial charge in [-0.15, -0.1) is 0 Å². The summed E-state index contributed by atoms with van der Waals surface area (Å²) in [6, 6.07) is 5.08. The predicted molar refractivity (Wildman–Crippen MR) is 72.2 cm³/mol. The van der Waals surface area contributed by atoms with E-state index in [0.29, 0.717) is 6.92 Å². The van der Waals surface area contributed by atoms with E-state index < -0.39 is 27.6 Å². The minimum atomic E-state index is -4.89. The molecule has 0 fully saturated rings. The fourth-order valence-electron chi connectivity index (χ4n) is 1.23. The van der Waals surface area contributed by atoms with Crippen molar-refractivity contribution in [3.8, 4) is 0 Å². The van der Waals surface area contributed by atoms with Crippen molar-refractivity contribution in [1.82, 2.24) is 0 Å². The number of rotatable bonds is 4. The molecule has 1 atom stereocenters. The van der Waals surface area contributed by atoms with Gasteiger partial charge in [0.15, 0.2) is 5.54 Å². The van der Waals surface area contributed by atoms with E-state index in [1.165, 1.54) is 24.3 Å². The molecule has 4 N–H and O–H groups in total. The van der Waals surface area contributed by atoms with Gasteiger partial charge in [0.2, 0.25) is 10.0 Å². The highest BCUT2D eigenvalue weighted by molar-refractivity contribution is 7.92. The second kappa shape index (κ2) is 5.53. The maximum Gasteiger partial charge on any atom is 0.415 e. The molecule has 118 valence electrons. The molecule has 1 amide bonds. The van der Waals surface area contributed by atoms with E-state index in [9.17, 15) is 26.4 Å². The van der Waals surface area contributed by atoms with Gasteiger partial charge < -0.3 is 11.1 Å². The number of halogens is 3. The van der Waals surface area contributed by atoms with Gasteiger partial charge in [-0.2, -0.15) is 13.2 Å². The Balaban J connectivity index is 2.84. The summed E-state index contributed by atoms with van der Waals surface area (Å²) in [5, 5.41) is 2.02. The Morgan fingerprint density at radius 2 is 1.57 bits per heavy atom. The SMILES string of the molecule is CC(N)(C(=O)Nc1ccc(NS(C)(=O)=O)cc1)C(F)(F)F. The molecule has 0 saturated carbocycles. The van der Waals surface area contributed by atoms with E-state index >= 15 is 0 Å². The van der Waals surface area contributed by atoms with Gasteiger partial charge in [0.1, 0.15) is 0 Å². The van der Waals surface area contributed by atoms with Crippen LogP contribution in [0.15, 0.2) is 24.3 Å². The lowest BCUT2D eigenvalue weighted by molar-refractivity contribution is -0.184. The van der Waals surface area contributed by atoms with Crippen LogP contribution in [-0.4, -0.2) is 32.3 Å². The van der Waals surface area contributed by atoms with E-state index in [2.05, 4.69) is 4.72 Å². The number of carbonyl (C=O) groups is 1. The highest BCUT2D eigenvalue weighted by Crippen LogP contribution is 2.29. The quantitative estimate of drug-likeness (QED) is 0.776. The lowest BCUT2D eigenvalue weighted by Gasteiger charge is -2.26. The van der Waals surface area contributed by atoms with Crippen LogP contribution in [0.25, 0.3) is 0 Å². The van der Waals surface area contributed by atoms with Crippen molar-refractivity contribution in [3.63, 3.8) is 0 Å². The molecule has 0 aliphatic heterocycles. The minimum absolute atomic E-state index is 0.0555. The number of anilines is 2. The van der Waals surface area contributed by atoms with Gasteiger partial charge in [-0.05, 0) is 31.2 Å². The van der Waals surface area contributed by atoms with Gasteiger partial charge in [-0.25, -0.2) is 8.42 Å². The standard InChI is InChI=1S/C11H14F3N3O3S/c1-10(15,11(12,13)14)9(18)16-7-3-5-8(6-4-7)17-21(2,19)20/h3-6,17H,15H2,1-2H3,(H,16,18). The third-order valence-electron chi connectivity index (χ3n) is 2.51. The van der Waals surface area contributed by atoms with Crippen molar-refractivity contribution < 1.29 is 26.4 Å². The number of alkyl halides is 3. The molecule has 6 nitrogen and oxygen atoms in total. The van der Waals surface area contributed by atoms with Crippen molar-refractivity contribution in [2.24, 2.45) is 5.73 Å². The third-order valence-corrected chi connectivity index (χ3v) is 3.11. The van der Waals surface area contributed by atoms with Crippen LogP contribution >= 0.6 is 0 Å². The van der Waals surface area contributed by atoms with Crippen LogP contribution in [0, 0.1) is 0 Å². The molecule has 1 rings (SSSR count). The van der Waals surface area contributed by atoms with Crippen molar-refractivity contribution >= 4 is 27.3 Å². The number of amides is 1. The summed E-state index contributed by atoms with van der Waals surface area (Å²) in [4.78, 5) is 11.5. The summed E-state index contributed by atoms with van der Waals surface area (Å²) in [6.45, 7) is 0.557. The van der Waals surface area contributed by atoms with Gasteiger partial charge in [0, 0.05) is 11.4 Å². The number of nitrogens with two attached hydrogens (primary N) is 1. The molecular weight excluding hydrogens is 311 g/mol. The van der Waals surface area contributed by atoms with Crippen LogP contribution in [0.2, 0.25) is 0 Å². The third kappa shape index (κ3) is 4.60. The summed E-state index contributed by atoms with van der Waals surface area (Å²) in [5.41, 5.74) is 2.20. The predicted octanol–water partition coefficient (Wildman–Crippen LogP) is 1.28. The van der Waals surface area contributed by atoms with Crippen LogP contribution in [0.5, 0.6) is 0 Å². The molecule has 10 heteroatoms. The highest BCUT2D eigenvalue weighted by atomic mass is 32.2. The second-order valence-corrected chi connectivity index (χ2v) is 6.35. The molecule has 1 aromatic carbocycles. The zero-order valence-electron chi connectivity index (χ0n) is 11.2. The first kappa shape index (κ1) is 17.2. The van der Waals surface area contributed by atoms with Crippen LogP contribution in [0.1, 0.15) is 6.92 Å². The normalized spacial score (nSPS) is 15.1. The van der Waals surface area contributed by atoms with Crippen LogP contribution < -0.4 is 15.8 Å². The van der Waals surface area contributed by atoms with Crippen molar-refractivity contribution in [1.29, 1.82) is 0 Å². The Morgan fingerprint density at radius 1 is 1.14 bits per heavy atom. The molecule has 0 heterocycles. The maximum atomic E-state index is 12.6. The lowest BCUT2D eigenvalue weighted by Crippen LogP contribution is -2.59. The summed E-state index contributed by atoms with van der Waals surface area (Å²) in [5.74, 6) is -1.42. The minimum Gasteiger partial charge on any atom is -0.324 e. The molecule has 1 aromatic rings. The Labute approximate surface area is 119 Å². The average molecular weight is 325 g/mol. The van der Waals surface area contributed by atoms with Crippen molar-refractivity contribution in [2.45, 2.75) is 18.6 Å². The molecule has 0 radical (unpaired) electrons. The largest absolute Gasteiger partial charge is 0.415 e. The molecular formula is C11H14F3N3O3S. The number of benzene rings is 1. The number of sulfonamides is 1. The average Bonchev–Trinajstić information content (AvgIpc) is 2.28. The Bertz CT molecular complexity index is 624. The van der Waals surface area contributed by atoms with E-state index in [1.54, 1.807) is 0 Å². The number of hydrogen-bond donors (Lipinski definition) is 3. The fourth-order valence-corrected chi connectivity index (χ4v) is 1.79. The van der Waals surface area contributed by atoms with E-state index in [1.807, 2.05) is 5.32 Å². The van der Waals surface area contributed by atoms with Crippen molar-refractivity contribution in [3.05, 3.63) is 24.3 Å². The van der Waals surface area contributed by atoms with E-state index in [0.717, 1.165) is 6.26 Å². The van der Waals surface area contributed by atoms with E-state index in [4.69, 9.17) is 5.73 Å². The lowest BCUT2D eigenvalue weighted by atomic mass is 10.0. The Hall–Kier alpha value is -1.81. The first-order valence-electron chi connectivity index (χ1n) is 5.58. The molecule has 1 unspecified atom stereocenters. The summed E-state index contributed by atoms with van der Waals surface area (Å²) in [6.07, 6.45) is -3.94. The highest BCUT2D eigenvalue weighted by Gasteiger charge is 2.53. The summed E-state index contributed by atoms with van der Waals surface area (Å²) < 4.78 is 61.9. The molecule has 0 spiro atoms. The maximum absolute atomic E-state index is 12.6. The van der Waals surface area contributed by atoms with Gasteiger partial charge in [-0.3, -0.25) is 9.52 Å². The van der Waals surface area contributed by atoms with Crippen LogP contribution in [0.4, 0.5) is 24.5 Å². The van der Waals surface area contributed by atoms with Gasteiger partial charge in [0.05, 0.1) is 6.26 Å². The topological polar surface area (TPSA) is 101 Å². The smallest absolute Gasteiger partial charge is 0.324 e. The van der Waals surface area contributed by atoms with Gasteiger partial charge >= 0.3 is 6.18 Å². The molecule has 0 aliphatic rings. The molecule has 0 saturated heterocycles. The zero-order chi connectivity index (χ0) is 16.5. The first-order chi connectivity index (χ1) is 9.33. The Kier molecular flexibility index (Phi) is 4.54. The van der Waals surface area contributed by atoms with Gasteiger partial charge in [-0.1, -0.05) is 0 Å².